The van der Waals surface area contributed by atoms with Crippen molar-refractivity contribution in [1.82, 2.24) is 9.55 Å². The Morgan fingerprint density at radius 2 is 2.04 bits per heavy atom. The highest BCUT2D eigenvalue weighted by molar-refractivity contribution is 7.91. The number of fused-ring (bicyclic) bond motifs is 3. The van der Waals surface area contributed by atoms with Gasteiger partial charge >= 0.3 is 0 Å². The third-order valence-electron chi connectivity index (χ3n) is 4.86. The zero-order valence-electron chi connectivity index (χ0n) is 13.0. The molecule has 2 atom stereocenters. The topological polar surface area (TPSA) is 72.3 Å². The molecule has 2 saturated heterocycles. The second-order valence-electron chi connectivity index (χ2n) is 6.46. The van der Waals surface area contributed by atoms with Gasteiger partial charge in [-0.15, -0.1) is 0 Å². The van der Waals surface area contributed by atoms with Crippen LogP contribution >= 0.6 is 0 Å². The summed E-state index contributed by atoms with van der Waals surface area (Å²) in [6, 6.07) is 7.46. The molecule has 0 unspecified atom stereocenters. The molecule has 2 fully saturated rings. The van der Waals surface area contributed by atoms with Crippen molar-refractivity contribution in [3.05, 3.63) is 34.6 Å². The monoisotopic (exact) mass is 333 g/mol. The average Bonchev–Trinajstić information content (AvgIpc) is 2.81. The van der Waals surface area contributed by atoms with Gasteiger partial charge in [0.25, 0.3) is 5.56 Å². The highest BCUT2D eigenvalue weighted by atomic mass is 32.2. The van der Waals surface area contributed by atoms with E-state index in [0.29, 0.717) is 18.9 Å². The Morgan fingerprint density at radius 3 is 2.83 bits per heavy atom. The number of benzene rings is 1. The summed E-state index contributed by atoms with van der Waals surface area (Å²) in [6.07, 6.45) is 0.833. The third kappa shape index (κ3) is 2.34. The van der Waals surface area contributed by atoms with Crippen molar-refractivity contribution < 1.29 is 8.42 Å². The van der Waals surface area contributed by atoms with Crippen LogP contribution in [0.3, 0.4) is 0 Å². The van der Waals surface area contributed by atoms with Crippen LogP contribution in [0.4, 0.5) is 5.82 Å². The summed E-state index contributed by atoms with van der Waals surface area (Å²) in [4.78, 5) is 19.4. The molecular formula is C16H19N3O3S. The van der Waals surface area contributed by atoms with Gasteiger partial charge in [-0.05, 0) is 31.4 Å². The van der Waals surface area contributed by atoms with E-state index in [4.69, 9.17) is 0 Å². The third-order valence-corrected chi connectivity index (χ3v) is 6.73. The van der Waals surface area contributed by atoms with Gasteiger partial charge in [0.05, 0.1) is 22.5 Å². The molecule has 1 aromatic heterocycles. The normalized spacial score (nSPS) is 25.9. The van der Waals surface area contributed by atoms with Crippen molar-refractivity contribution in [2.45, 2.75) is 25.9 Å². The highest BCUT2D eigenvalue weighted by Crippen LogP contribution is 2.33. The van der Waals surface area contributed by atoms with Gasteiger partial charge in [-0.3, -0.25) is 4.79 Å². The van der Waals surface area contributed by atoms with E-state index in [9.17, 15) is 13.2 Å². The van der Waals surface area contributed by atoms with E-state index in [1.54, 1.807) is 4.57 Å². The quantitative estimate of drug-likeness (QED) is 0.821. The van der Waals surface area contributed by atoms with Crippen molar-refractivity contribution in [2.75, 3.05) is 23.0 Å². The maximum absolute atomic E-state index is 12.9. The lowest BCUT2D eigenvalue weighted by Gasteiger charge is -2.25. The molecule has 2 bridgehead atoms. The van der Waals surface area contributed by atoms with Crippen LogP contribution in [0.2, 0.25) is 0 Å². The van der Waals surface area contributed by atoms with E-state index in [1.165, 1.54) is 0 Å². The minimum Gasteiger partial charge on any atom is -0.348 e. The van der Waals surface area contributed by atoms with Gasteiger partial charge < -0.3 is 9.47 Å². The summed E-state index contributed by atoms with van der Waals surface area (Å²) in [5.74, 6) is 0.871. The molecule has 0 amide bonds. The van der Waals surface area contributed by atoms with Gasteiger partial charge in [-0.1, -0.05) is 12.1 Å². The van der Waals surface area contributed by atoms with Crippen molar-refractivity contribution >= 4 is 26.7 Å². The maximum Gasteiger partial charge on any atom is 0.294 e. The standard InChI is InChI=1S/C16H19N3O3S/c1-2-18-14-6-4-3-5-13(14)17-15(16(18)20)19-8-11-7-12(19)10-23(21,22)9-11/h3-6,11-12H,2,7-10H2,1H3/t11-,12+/m1/s1. The zero-order valence-corrected chi connectivity index (χ0v) is 13.8. The number of hydrogen-bond donors (Lipinski definition) is 0. The molecule has 0 aliphatic carbocycles. The Labute approximate surface area is 134 Å². The number of aromatic nitrogens is 2. The number of hydrogen-bond acceptors (Lipinski definition) is 5. The van der Waals surface area contributed by atoms with Gasteiger partial charge in [-0.2, -0.15) is 0 Å². The van der Waals surface area contributed by atoms with Crippen molar-refractivity contribution in [2.24, 2.45) is 5.92 Å². The lowest BCUT2D eigenvalue weighted by Crippen LogP contribution is -2.40. The van der Waals surface area contributed by atoms with Crippen molar-refractivity contribution in [1.29, 1.82) is 0 Å². The molecule has 0 spiro atoms. The first kappa shape index (κ1) is 14.7. The van der Waals surface area contributed by atoms with Gasteiger partial charge in [-0.25, -0.2) is 13.4 Å². The molecule has 2 aliphatic heterocycles. The molecular weight excluding hydrogens is 314 g/mol. The number of sulfone groups is 1. The second kappa shape index (κ2) is 5.06. The average molecular weight is 333 g/mol. The summed E-state index contributed by atoms with van der Waals surface area (Å²) in [7, 11) is -3.01. The van der Waals surface area contributed by atoms with E-state index >= 15 is 0 Å². The zero-order chi connectivity index (χ0) is 16.2. The maximum atomic E-state index is 12.9. The number of para-hydroxylation sites is 2. The van der Waals surface area contributed by atoms with Gasteiger partial charge in [0.15, 0.2) is 15.7 Å². The Hall–Kier alpha value is -1.89. The SMILES string of the molecule is CCn1c(=O)c(N2C[C@H]3C[C@H]2CS(=O)(=O)C3)nc2ccccc21. The molecule has 122 valence electrons. The van der Waals surface area contributed by atoms with E-state index in [1.807, 2.05) is 36.1 Å². The molecule has 0 radical (unpaired) electrons. The fraction of sp³-hybridized carbons (Fsp3) is 0.500. The first-order valence-corrected chi connectivity index (χ1v) is 9.77. The first-order chi connectivity index (χ1) is 11.0. The van der Waals surface area contributed by atoms with Crippen LogP contribution in [0.25, 0.3) is 11.0 Å². The van der Waals surface area contributed by atoms with Gasteiger partial charge in [0, 0.05) is 19.1 Å². The minimum absolute atomic E-state index is 0.112. The fourth-order valence-corrected chi connectivity index (χ4v) is 5.95. The second-order valence-corrected chi connectivity index (χ2v) is 8.61. The Kier molecular flexibility index (Phi) is 3.23. The lowest BCUT2D eigenvalue weighted by molar-refractivity contribution is 0.539. The smallest absolute Gasteiger partial charge is 0.294 e. The van der Waals surface area contributed by atoms with Gasteiger partial charge in [0.2, 0.25) is 0 Å². The Bertz CT molecular complexity index is 935. The summed E-state index contributed by atoms with van der Waals surface area (Å²) in [6.45, 7) is 3.10. The van der Waals surface area contributed by atoms with Crippen LogP contribution in [0, 0.1) is 5.92 Å². The fourth-order valence-electron chi connectivity index (χ4n) is 3.95. The summed E-state index contributed by atoms with van der Waals surface area (Å²) in [5, 5.41) is 0. The molecule has 23 heavy (non-hydrogen) atoms. The molecule has 1 aromatic carbocycles. The van der Waals surface area contributed by atoms with Crippen LogP contribution in [-0.4, -0.2) is 42.1 Å². The van der Waals surface area contributed by atoms with Crippen LogP contribution in [0.5, 0.6) is 0 Å². The number of rotatable bonds is 2. The number of aryl methyl sites for hydroxylation is 1. The predicted molar refractivity (Wildman–Crippen MR) is 89.6 cm³/mol. The molecule has 2 aliphatic rings. The van der Waals surface area contributed by atoms with Crippen LogP contribution in [0.15, 0.2) is 29.1 Å². The van der Waals surface area contributed by atoms with Crippen molar-refractivity contribution in [3.63, 3.8) is 0 Å². The predicted octanol–water partition coefficient (Wildman–Crippen LogP) is 1.04. The van der Waals surface area contributed by atoms with E-state index in [2.05, 4.69) is 4.98 Å². The minimum atomic E-state index is -3.01. The Balaban J connectivity index is 1.87. The summed E-state index contributed by atoms with van der Waals surface area (Å²) in [5.41, 5.74) is 1.46. The molecule has 7 heteroatoms. The lowest BCUT2D eigenvalue weighted by atomic mass is 10.1. The largest absolute Gasteiger partial charge is 0.348 e. The number of anilines is 1. The van der Waals surface area contributed by atoms with Crippen LogP contribution < -0.4 is 10.5 Å². The van der Waals surface area contributed by atoms with E-state index < -0.39 is 9.84 Å². The molecule has 2 aromatic rings. The first-order valence-electron chi connectivity index (χ1n) is 7.95. The molecule has 0 saturated carbocycles. The molecule has 0 N–H and O–H groups in total. The van der Waals surface area contributed by atoms with E-state index in [-0.39, 0.29) is 29.0 Å². The van der Waals surface area contributed by atoms with Gasteiger partial charge in [0.1, 0.15) is 0 Å². The van der Waals surface area contributed by atoms with Crippen molar-refractivity contribution in [3.8, 4) is 0 Å². The van der Waals surface area contributed by atoms with Crippen LogP contribution in [-0.2, 0) is 16.4 Å². The Morgan fingerprint density at radius 1 is 1.26 bits per heavy atom. The molecule has 6 nitrogen and oxygen atoms in total. The summed E-state index contributed by atoms with van der Waals surface area (Å²) >= 11 is 0. The molecule has 3 heterocycles. The number of nitrogens with zero attached hydrogens (tertiary/aromatic N) is 3. The highest BCUT2D eigenvalue weighted by Gasteiger charge is 2.43. The van der Waals surface area contributed by atoms with E-state index in [0.717, 1.165) is 17.5 Å². The molecule has 4 rings (SSSR count). The summed E-state index contributed by atoms with van der Waals surface area (Å²) < 4.78 is 25.7. The van der Waals surface area contributed by atoms with Crippen LogP contribution in [0.1, 0.15) is 13.3 Å².